The second-order valence-electron chi connectivity index (χ2n) is 1.72. The third-order valence-electron chi connectivity index (χ3n) is 0.684. The third kappa shape index (κ3) is 14.9. The summed E-state index contributed by atoms with van der Waals surface area (Å²) in [5, 5.41) is 10.5. The molecule has 0 aliphatic heterocycles. The second-order valence-corrected chi connectivity index (χ2v) is 1.72. The van der Waals surface area contributed by atoms with Crippen molar-refractivity contribution in [1.82, 2.24) is 0 Å². The molecule has 0 atom stereocenters. The Labute approximate surface area is 135 Å². The molecule has 0 aliphatic carbocycles. The molecule has 0 aliphatic rings. The van der Waals surface area contributed by atoms with Crippen LogP contribution in [-0.2, 0) is 4.74 Å². The summed E-state index contributed by atoms with van der Waals surface area (Å²) in [6, 6.07) is 0. The molecule has 0 bridgehead atoms. The van der Waals surface area contributed by atoms with Gasteiger partial charge in [-0.15, -0.1) is 0 Å². The first-order valence-electron chi connectivity index (χ1n) is 2.65. The van der Waals surface area contributed by atoms with Crippen molar-refractivity contribution < 1.29 is 98.2 Å². The molecule has 0 saturated heterocycles. The molecule has 2 nitrogen and oxygen atoms in total. The zero-order valence-electron chi connectivity index (χ0n) is 6.69. The van der Waals surface area contributed by atoms with Crippen LogP contribution in [0.25, 0.3) is 0 Å². The largest absolute Gasteiger partial charge is 3.00 e. The average Bonchev–Trinajstić information content (AvgIpc) is 1.67. The SMILES string of the molecule is CCOC([O-])=C(C)C.[I-].[I-].[Sm+3]. The van der Waals surface area contributed by atoms with Crippen molar-refractivity contribution in [2.45, 2.75) is 20.8 Å². The van der Waals surface area contributed by atoms with Crippen LogP contribution in [0.3, 0.4) is 0 Å². The second kappa shape index (κ2) is 14.7. The topological polar surface area (TPSA) is 32.3 Å². The number of rotatable bonds is 2. The van der Waals surface area contributed by atoms with Gasteiger partial charge in [0, 0.05) is 5.95 Å². The normalized spacial score (nSPS) is 6.09. The van der Waals surface area contributed by atoms with E-state index in [4.69, 9.17) is 0 Å². The summed E-state index contributed by atoms with van der Waals surface area (Å²) in [6.45, 7) is 5.72. The Bertz CT molecular complexity index is 103. The molecular weight excluding hydrogens is 508 g/mol. The molecule has 0 unspecified atom stereocenters. The van der Waals surface area contributed by atoms with Gasteiger partial charge in [-0.2, -0.15) is 0 Å². The van der Waals surface area contributed by atoms with E-state index in [-0.39, 0.29) is 94.3 Å². The van der Waals surface area contributed by atoms with Crippen LogP contribution in [-0.4, -0.2) is 6.61 Å². The molecule has 11 heavy (non-hydrogen) atoms. The van der Waals surface area contributed by atoms with E-state index < -0.39 is 0 Å². The molecule has 0 amide bonds. The number of allylic oxidation sites excluding steroid dienone is 1. The Morgan fingerprint density at radius 1 is 1.27 bits per heavy atom. The van der Waals surface area contributed by atoms with Gasteiger partial charge < -0.3 is 57.8 Å². The van der Waals surface area contributed by atoms with Crippen molar-refractivity contribution in [3.05, 3.63) is 11.5 Å². The number of hydrogen-bond donors (Lipinski definition) is 0. The fraction of sp³-hybridized carbons (Fsp3) is 0.667. The molecule has 67 valence electrons. The fourth-order valence-corrected chi connectivity index (χ4v) is 0.275. The molecule has 0 aromatic heterocycles. The Kier molecular flexibility index (Phi) is 30.9. The van der Waals surface area contributed by atoms with Gasteiger partial charge in [-0.25, -0.2) is 0 Å². The fourth-order valence-electron chi connectivity index (χ4n) is 0.275. The minimum atomic E-state index is -0.201. The number of halogens is 2. The minimum Gasteiger partial charge on any atom is -1.00 e. The summed E-state index contributed by atoms with van der Waals surface area (Å²) >= 11 is 0. The molecule has 0 fully saturated rings. The molecular formula is C6H11I2O2Sm. The zero-order valence-corrected chi connectivity index (χ0v) is 13.6. The Balaban J connectivity index is -0.0000000817. The minimum absolute atomic E-state index is 0. The van der Waals surface area contributed by atoms with E-state index >= 15 is 0 Å². The van der Waals surface area contributed by atoms with Crippen LogP contribution in [0.15, 0.2) is 11.5 Å². The Morgan fingerprint density at radius 3 is 1.73 bits per heavy atom. The van der Waals surface area contributed by atoms with Crippen LogP contribution in [0.5, 0.6) is 0 Å². The molecule has 0 heterocycles. The summed E-state index contributed by atoms with van der Waals surface area (Å²) in [5.41, 5.74) is 0.701. The smallest absolute Gasteiger partial charge is 1.00 e. The van der Waals surface area contributed by atoms with Crippen molar-refractivity contribution in [2.24, 2.45) is 0 Å². The summed E-state index contributed by atoms with van der Waals surface area (Å²) < 4.78 is 4.63. The third-order valence-corrected chi connectivity index (χ3v) is 0.684. The molecule has 0 rings (SSSR count). The van der Waals surface area contributed by atoms with Gasteiger partial charge in [0.05, 0.1) is 0 Å². The Morgan fingerprint density at radius 2 is 1.64 bits per heavy atom. The molecule has 1 radical (unpaired) electrons. The van der Waals surface area contributed by atoms with E-state index in [1.807, 2.05) is 0 Å². The quantitative estimate of drug-likeness (QED) is 0.270. The molecule has 0 saturated carbocycles. The van der Waals surface area contributed by atoms with E-state index in [1.54, 1.807) is 20.8 Å². The maximum atomic E-state index is 10.5. The van der Waals surface area contributed by atoms with Crippen LogP contribution in [0.1, 0.15) is 20.8 Å². The summed E-state index contributed by atoms with van der Waals surface area (Å²) in [5.74, 6) is -0.201. The first-order valence-corrected chi connectivity index (χ1v) is 2.65. The standard InChI is InChI=1S/C6H12O2.2HI.Sm/c1-4-8-6(7)5(2)3;;;/h7H,4H2,1-3H3;2*1H;/q;;;+3/p-3. The van der Waals surface area contributed by atoms with Crippen molar-refractivity contribution in [2.75, 3.05) is 6.61 Å². The first kappa shape index (κ1) is 23.2. The summed E-state index contributed by atoms with van der Waals surface area (Å²) in [6.07, 6.45) is 0. The van der Waals surface area contributed by atoms with E-state index in [2.05, 4.69) is 4.74 Å². The van der Waals surface area contributed by atoms with E-state index in [0.29, 0.717) is 12.2 Å². The van der Waals surface area contributed by atoms with Gasteiger partial charge in [0.25, 0.3) is 0 Å². The van der Waals surface area contributed by atoms with Gasteiger partial charge in [0.1, 0.15) is 0 Å². The van der Waals surface area contributed by atoms with E-state index in [9.17, 15) is 5.11 Å². The maximum Gasteiger partial charge on any atom is 3.00 e. The predicted molar refractivity (Wildman–Crippen MR) is 30.0 cm³/mol. The molecule has 0 aromatic carbocycles. The van der Waals surface area contributed by atoms with Gasteiger partial charge in [-0.3, -0.25) is 0 Å². The van der Waals surface area contributed by atoms with Crippen molar-refractivity contribution in [1.29, 1.82) is 0 Å². The van der Waals surface area contributed by atoms with Gasteiger partial charge in [0.2, 0.25) is 0 Å². The average molecular weight is 519 g/mol. The zero-order chi connectivity index (χ0) is 6.57. The van der Waals surface area contributed by atoms with Crippen LogP contribution in [0, 0.1) is 40.4 Å². The van der Waals surface area contributed by atoms with Gasteiger partial charge >= 0.3 is 40.4 Å². The van der Waals surface area contributed by atoms with E-state index in [0.717, 1.165) is 0 Å². The maximum absolute atomic E-state index is 10.5. The monoisotopic (exact) mass is 521 g/mol. The van der Waals surface area contributed by atoms with Gasteiger partial charge in [-0.1, -0.05) is 12.5 Å². The van der Waals surface area contributed by atoms with Crippen LogP contribution < -0.4 is 53.1 Å². The first-order chi connectivity index (χ1) is 3.68. The van der Waals surface area contributed by atoms with Crippen molar-refractivity contribution in [3.8, 4) is 0 Å². The molecule has 0 N–H and O–H groups in total. The molecule has 5 heteroatoms. The molecule has 0 spiro atoms. The number of ether oxygens (including phenoxy) is 1. The van der Waals surface area contributed by atoms with E-state index in [1.165, 1.54) is 0 Å². The summed E-state index contributed by atoms with van der Waals surface area (Å²) in [7, 11) is 0. The van der Waals surface area contributed by atoms with Crippen LogP contribution in [0.4, 0.5) is 0 Å². The van der Waals surface area contributed by atoms with Gasteiger partial charge in [0.15, 0.2) is 0 Å². The predicted octanol–water partition coefficient (Wildman–Crippen LogP) is -5.36. The molecule has 0 aromatic rings. The Hall–Kier alpha value is 2.14. The van der Waals surface area contributed by atoms with Crippen LogP contribution >= 0.6 is 0 Å². The van der Waals surface area contributed by atoms with Crippen LogP contribution in [0.2, 0.25) is 0 Å². The van der Waals surface area contributed by atoms with Crippen molar-refractivity contribution >= 4 is 0 Å². The number of hydrogen-bond acceptors (Lipinski definition) is 2. The van der Waals surface area contributed by atoms with Gasteiger partial charge in [-0.05, 0) is 20.5 Å². The summed E-state index contributed by atoms with van der Waals surface area (Å²) in [4.78, 5) is 0. The van der Waals surface area contributed by atoms with Crippen molar-refractivity contribution in [3.63, 3.8) is 0 Å².